The number of rotatable bonds is 5. The maximum absolute atomic E-state index is 4.72. The van der Waals surface area contributed by atoms with Crippen LogP contribution < -0.4 is 4.90 Å². The largest absolute Gasteiger partial charge is 0.368 e. The second-order valence-corrected chi connectivity index (χ2v) is 9.05. The van der Waals surface area contributed by atoms with E-state index in [0.717, 1.165) is 60.4 Å². The third-order valence-electron chi connectivity index (χ3n) is 6.71. The number of aromatic nitrogens is 6. The van der Waals surface area contributed by atoms with Gasteiger partial charge in [-0.25, -0.2) is 14.5 Å². The molecule has 0 saturated carbocycles. The zero-order chi connectivity index (χ0) is 22.9. The van der Waals surface area contributed by atoms with Crippen LogP contribution in [0.4, 0.5) is 5.69 Å². The summed E-state index contributed by atoms with van der Waals surface area (Å²) in [5, 5.41) is 8.91. The predicted molar refractivity (Wildman–Crippen MR) is 133 cm³/mol. The fourth-order valence-corrected chi connectivity index (χ4v) is 4.83. The fourth-order valence-electron chi connectivity index (χ4n) is 4.83. The first kappa shape index (κ1) is 20.6. The van der Waals surface area contributed by atoms with Crippen LogP contribution >= 0.6 is 0 Å². The molecule has 0 radical (unpaired) electrons. The van der Waals surface area contributed by atoms with Crippen molar-refractivity contribution in [3.8, 4) is 11.1 Å². The minimum Gasteiger partial charge on any atom is -0.368 e. The normalized spacial score (nSPS) is 14.7. The lowest BCUT2D eigenvalue weighted by Crippen LogP contribution is -2.33. The van der Waals surface area contributed by atoms with Gasteiger partial charge in [0.2, 0.25) is 0 Å². The van der Waals surface area contributed by atoms with Crippen LogP contribution in [0, 0.1) is 0 Å². The standard InChI is InChI=1S/C27H27N7/c1-32-18-24(16-30-32)23-7-8-25-26(17-31-34(25)19-23)33-11-9-22(10-12-33)27-28-14-21(15-29-27)13-20-5-3-2-4-6-20/h2-8,14-19,22H,9-13H2,1H3. The number of pyridine rings is 1. The van der Waals surface area contributed by atoms with Gasteiger partial charge in [-0.2, -0.15) is 10.2 Å². The second kappa shape index (κ2) is 8.74. The number of anilines is 1. The summed E-state index contributed by atoms with van der Waals surface area (Å²) in [4.78, 5) is 11.9. The average molecular weight is 450 g/mol. The van der Waals surface area contributed by atoms with Gasteiger partial charge in [-0.1, -0.05) is 36.4 Å². The first-order chi connectivity index (χ1) is 16.7. The SMILES string of the molecule is Cn1cc(-c2ccc3c(N4CCC(c5ncc(Cc6ccccc6)cn5)CC4)cnn3c2)cn1. The number of benzene rings is 1. The van der Waals surface area contributed by atoms with E-state index < -0.39 is 0 Å². The highest BCUT2D eigenvalue weighted by molar-refractivity contribution is 5.75. The number of hydrogen-bond acceptors (Lipinski definition) is 5. The molecule has 0 atom stereocenters. The molecule has 7 nitrogen and oxygen atoms in total. The molecule has 6 rings (SSSR count). The molecule has 5 heterocycles. The molecule has 1 aliphatic heterocycles. The van der Waals surface area contributed by atoms with E-state index in [4.69, 9.17) is 9.97 Å². The van der Waals surface area contributed by atoms with E-state index >= 15 is 0 Å². The molecule has 170 valence electrons. The van der Waals surface area contributed by atoms with Crippen LogP contribution in [-0.4, -0.2) is 42.5 Å². The molecule has 1 saturated heterocycles. The Morgan fingerprint density at radius 2 is 1.59 bits per heavy atom. The van der Waals surface area contributed by atoms with E-state index in [1.165, 1.54) is 11.3 Å². The molecule has 5 aromatic rings. The fraction of sp³-hybridized carbons (Fsp3) is 0.259. The first-order valence-electron chi connectivity index (χ1n) is 11.8. The third-order valence-corrected chi connectivity index (χ3v) is 6.71. The number of nitrogens with zero attached hydrogens (tertiary/aromatic N) is 7. The number of aryl methyl sites for hydroxylation is 1. The van der Waals surface area contributed by atoms with Crippen LogP contribution in [0.2, 0.25) is 0 Å². The van der Waals surface area contributed by atoms with Crippen LogP contribution in [0.1, 0.15) is 35.7 Å². The highest BCUT2D eigenvalue weighted by Crippen LogP contribution is 2.31. The Kier molecular flexibility index (Phi) is 5.30. The predicted octanol–water partition coefficient (Wildman–Crippen LogP) is 4.50. The van der Waals surface area contributed by atoms with Crippen molar-refractivity contribution in [2.75, 3.05) is 18.0 Å². The van der Waals surface area contributed by atoms with Crippen molar-refractivity contribution in [3.63, 3.8) is 0 Å². The topological polar surface area (TPSA) is 64.1 Å². The van der Waals surface area contributed by atoms with Gasteiger partial charge in [-0.3, -0.25) is 4.68 Å². The molecular formula is C27H27N7. The van der Waals surface area contributed by atoms with Crippen molar-refractivity contribution >= 4 is 11.2 Å². The molecule has 4 aromatic heterocycles. The van der Waals surface area contributed by atoms with E-state index in [-0.39, 0.29) is 0 Å². The van der Waals surface area contributed by atoms with E-state index in [2.05, 4.69) is 57.7 Å². The maximum atomic E-state index is 4.72. The Morgan fingerprint density at radius 3 is 2.32 bits per heavy atom. The van der Waals surface area contributed by atoms with Crippen LogP contribution in [0.5, 0.6) is 0 Å². The Hall–Kier alpha value is -4.00. The van der Waals surface area contributed by atoms with Crippen molar-refractivity contribution in [3.05, 3.63) is 96.6 Å². The van der Waals surface area contributed by atoms with Gasteiger partial charge in [0.15, 0.2) is 0 Å². The lowest BCUT2D eigenvalue weighted by Gasteiger charge is -2.32. The van der Waals surface area contributed by atoms with Crippen LogP contribution in [0.15, 0.2) is 79.6 Å². The van der Waals surface area contributed by atoms with Gasteiger partial charge >= 0.3 is 0 Å². The van der Waals surface area contributed by atoms with Crippen molar-refractivity contribution in [1.29, 1.82) is 0 Å². The van der Waals surface area contributed by atoms with Crippen LogP contribution in [0.3, 0.4) is 0 Å². The molecule has 1 aliphatic rings. The molecule has 34 heavy (non-hydrogen) atoms. The van der Waals surface area contributed by atoms with E-state index in [9.17, 15) is 0 Å². The van der Waals surface area contributed by atoms with Gasteiger partial charge in [0.25, 0.3) is 0 Å². The maximum Gasteiger partial charge on any atom is 0.131 e. The molecular weight excluding hydrogens is 422 g/mol. The van der Waals surface area contributed by atoms with Gasteiger partial charge < -0.3 is 4.90 Å². The van der Waals surface area contributed by atoms with Gasteiger partial charge in [0.1, 0.15) is 5.82 Å². The lowest BCUT2D eigenvalue weighted by molar-refractivity contribution is 0.486. The zero-order valence-electron chi connectivity index (χ0n) is 19.2. The minimum atomic E-state index is 0.404. The summed E-state index contributed by atoms with van der Waals surface area (Å²) in [6.07, 6.45) is 14.9. The zero-order valence-corrected chi connectivity index (χ0v) is 19.2. The van der Waals surface area contributed by atoms with Gasteiger partial charge in [-0.15, -0.1) is 0 Å². The first-order valence-corrected chi connectivity index (χ1v) is 11.8. The quantitative estimate of drug-likeness (QED) is 0.395. The molecule has 0 amide bonds. The second-order valence-electron chi connectivity index (χ2n) is 9.05. The number of hydrogen-bond donors (Lipinski definition) is 0. The highest BCUT2D eigenvalue weighted by Gasteiger charge is 2.24. The van der Waals surface area contributed by atoms with Gasteiger partial charge in [-0.05, 0) is 30.0 Å². The molecule has 0 aliphatic carbocycles. The lowest BCUT2D eigenvalue weighted by atomic mass is 9.95. The molecule has 0 unspecified atom stereocenters. The minimum absolute atomic E-state index is 0.404. The Balaban J connectivity index is 1.12. The third kappa shape index (κ3) is 4.05. The Labute approximate surface area is 198 Å². The van der Waals surface area contributed by atoms with E-state index in [1.54, 1.807) is 0 Å². The average Bonchev–Trinajstić information content (AvgIpc) is 3.51. The summed E-state index contributed by atoms with van der Waals surface area (Å²) in [7, 11) is 1.93. The molecule has 1 aromatic carbocycles. The Bertz CT molecular complexity index is 1390. The monoisotopic (exact) mass is 449 g/mol. The van der Waals surface area contributed by atoms with Crippen molar-refractivity contribution < 1.29 is 0 Å². The molecule has 7 heteroatoms. The summed E-state index contributed by atoms with van der Waals surface area (Å²) >= 11 is 0. The van der Waals surface area contributed by atoms with Gasteiger partial charge in [0, 0.05) is 68.4 Å². The van der Waals surface area contributed by atoms with Gasteiger partial charge in [0.05, 0.1) is 23.6 Å². The molecule has 0 spiro atoms. The summed E-state index contributed by atoms with van der Waals surface area (Å²) in [6.45, 7) is 1.96. The molecule has 0 bridgehead atoms. The smallest absolute Gasteiger partial charge is 0.131 e. The van der Waals surface area contributed by atoms with Crippen molar-refractivity contribution in [1.82, 2.24) is 29.4 Å². The van der Waals surface area contributed by atoms with E-state index in [1.807, 2.05) is 53.3 Å². The number of fused-ring (bicyclic) bond motifs is 1. The van der Waals surface area contributed by atoms with Crippen molar-refractivity contribution in [2.24, 2.45) is 7.05 Å². The van der Waals surface area contributed by atoms with Crippen molar-refractivity contribution in [2.45, 2.75) is 25.2 Å². The highest BCUT2D eigenvalue weighted by atomic mass is 15.3. The van der Waals surface area contributed by atoms with E-state index in [0.29, 0.717) is 5.92 Å². The summed E-state index contributed by atoms with van der Waals surface area (Å²) in [5.74, 6) is 1.37. The summed E-state index contributed by atoms with van der Waals surface area (Å²) < 4.78 is 3.79. The summed E-state index contributed by atoms with van der Waals surface area (Å²) in [6, 6.07) is 14.8. The number of piperidine rings is 1. The van der Waals surface area contributed by atoms with Crippen LogP contribution in [-0.2, 0) is 13.5 Å². The molecule has 1 fully saturated rings. The summed E-state index contributed by atoms with van der Waals surface area (Å²) in [5.41, 5.74) is 6.97. The Morgan fingerprint density at radius 1 is 0.794 bits per heavy atom. The van der Waals surface area contributed by atoms with Crippen LogP contribution in [0.25, 0.3) is 16.6 Å². The molecule has 0 N–H and O–H groups in total.